The van der Waals surface area contributed by atoms with Gasteiger partial charge < -0.3 is 10.4 Å². The Morgan fingerprint density at radius 2 is 2.16 bits per heavy atom. The molecule has 1 saturated carbocycles. The third kappa shape index (κ3) is 3.95. The number of carbonyl (C=O) groups excluding carboxylic acids is 1. The molecular formula is C15H20ClNO2. The van der Waals surface area contributed by atoms with Crippen molar-refractivity contribution in [3.63, 3.8) is 0 Å². The monoisotopic (exact) mass is 281 g/mol. The smallest absolute Gasteiger partial charge is 0.251 e. The molecule has 0 aliphatic heterocycles. The third-order valence-corrected chi connectivity index (χ3v) is 4.05. The second-order valence-corrected chi connectivity index (χ2v) is 5.42. The van der Waals surface area contributed by atoms with E-state index in [1.807, 2.05) is 12.1 Å². The van der Waals surface area contributed by atoms with Gasteiger partial charge in [0.05, 0.1) is 6.10 Å². The van der Waals surface area contributed by atoms with E-state index < -0.39 is 0 Å². The number of carbonyl (C=O) groups is 1. The zero-order chi connectivity index (χ0) is 13.7. The number of benzene rings is 1. The predicted molar refractivity (Wildman–Crippen MR) is 76.3 cm³/mol. The highest BCUT2D eigenvalue weighted by Gasteiger charge is 2.23. The standard InChI is InChI=1S/C15H20ClNO2/c16-9-11-4-3-6-12(8-11)15(19)17-10-13-5-1-2-7-14(13)18/h3-4,6,8,13-14,18H,1-2,5,7,9-10H2,(H,17,19). The average molecular weight is 282 g/mol. The van der Waals surface area contributed by atoms with Crippen LogP contribution in [0.3, 0.4) is 0 Å². The van der Waals surface area contributed by atoms with Crippen molar-refractivity contribution in [2.24, 2.45) is 5.92 Å². The third-order valence-electron chi connectivity index (χ3n) is 3.74. The van der Waals surface area contributed by atoms with Gasteiger partial charge in [0, 0.05) is 23.9 Å². The molecule has 0 radical (unpaired) electrons. The molecule has 1 aliphatic carbocycles. The predicted octanol–water partition coefficient (Wildman–Crippen LogP) is 2.71. The molecule has 3 nitrogen and oxygen atoms in total. The normalized spacial score (nSPS) is 23.1. The van der Waals surface area contributed by atoms with Gasteiger partial charge in [-0.25, -0.2) is 0 Å². The van der Waals surface area contributed by atoms with Crippen LogP contribution in [0, 0.1) is 5.92 Å². The van der Waals surface area contributed by atoms with Crippen LogP contribution in [0.4, 0.5) is 0 Å². The molecule has 104 valence electrons. The summed E-state index contributed by atoms with van der Waals surface area (Å²) < 4.78 is 0. The average Bonchev–Trinajstić information content (AvgIpc) is 2.46. The van der Waals surface area contributed by atoms with Gasteiger partial charge in [-0.3, -0.25) is 4.79 Å². The number of aliphatic hydroxyl groups is 1. The molecule has 2 N–H and O–H groups in total. The quantitative estimate of drug-likeness (QED) is 0.834. The van der Waals surface area contributed by atoms with Crippen LogP contribution >= 0.6 is 11.6 Å². The van der Waals surface area contributed by atoms with Gasteiger partial charge in [-0.05, 0) is 30.5 Å². The van der Waals surface area contributed by atoms with E-state index in [0.717, 1.165) is 31.2 Å². The first kappa shape index (κ1) is 14.4. The Bertz CT molecular complexity index is 436. The molecular weight excluding hydrogens is 262 g/mol. The Hall–Kier alpha value is -1.06. The van der Waals surface area contributed by atoms with Gasteiger partial charge in [-0.2, -0.15) is 0 Å². The summed E-state index contributed by atoms with van der Waals surface area (Å²) in [5.74, 6) is 0.501. The van der Waals surface area contributed by atoms with E-state index in [9.17, 15) is 9.90 Å². The summed E-state index contributed by atoms with van der Waals surface area (Å²) in [4.78, 5) is 12.0. The first-order valence-corrected chi connectivity index (χ1v) is 7.35. The Kier molecular flexibility index (Phi) is 5.23. The minimum atomic E-state index is -0.275. The van der Waals surface area contributed by atoms with Gasteiger partial charge in [-0.15, -0.1) is 11.6 Å². The second-order valence-electron chi connectivity index (χ2n) is 5.16. The number of alkyl halides is 1. The molecule has 4 heteroatoms. The van der Waals surface area contributed by atoms with Crippen molar-refractivity contribution in [1.82, 2.24) is 5.32 Å². The van der Waals surface area contributed by atoms with Gasteiger partial charge in [0.15, 0.2) is 0 Å². The summed E-state index contributed by atoms with van der Waals surface area (Å²) >= 11 is 5.76. The number of halogens is 1. The molecule has 1 aromatic rings. The van der Waals surface area contributed by atoms with E-state index in [4.69, 9.17) is 11.6 Å². The molecule has 0 spiro atoms. The van der Waals surface area contributed by atoms with E-state index in [1.54, 1.807) is 12.1 Å². The minimum absolute atomic E-state index is 0.0928. The van der Waals surface area contributed by atoms with Crippen molar-refractivity contribution in [1.29, 1.82) is 0 Å². The molecule has 2 atom stereocenters. The molecule has 0 aromatic heterocycles. The van der Waals surface area contributed by atoms with E-state index in [-0.39, 0.29) is 17.9 Å². The number of aliphatic hydroxyl groups excluding tert-OH is 1. The molecule has 0 bridgehead atoms. The van der Waals surface area contributed by atoms with E-state index in [0.29, 0.717) is 18.0 Å². The Morgan fingerprint density at radius 3 is 2.89 bits per heavy atom. The van der Waals surface area contributed by atoms with Crippen LogP contribution < -0.4 is 5.32 Å². The highest BCUT2D eigenvalue weighted by atomic mass is 35.5. The van der Waals surface area contributed by atoms with Crippen LogP contribution in [0.25, 0.3) is 0 Å². The second kappa shape index (κ2) is 6.92. The van der Waals surface area contributed by atoms with Crippen molar-refractivity contribution in [3.05, 3.63) is 35.4 Å². The van der Waals surface area contributed by atoms with E-state index in [2.05, 4.69) is 5.32 Å². The van der Waals surface area contributed by atoms with Crippen LogP contribution in [-0.2, 0) is 5.88 Å². The summed E-state index contributed by atoms with van der Waals surface area (Å²) in [5, 5.41) is 12.8. The fourth-order valence-electron chi connectivity index (χ4n) is 2.55. The van der Waals surface area contributed by atoms with E-state index >= 15 is 0 Å². The van der Waals surface area contributed by atoms with Gasteiger partial charge >= 0.3 is 0 Å². The maximum atomic E-state index is 12.0. The fraction of sp³-hybridized carbons (Fsp3) is 0.533. The van der Waals surface area contributed by atoms with Gasteiger partial charge in [0.25, 0.3) is 5.91 Å². The summed E-state index contributed by atoms with van der Waals surface area (Å²) in [6.07, 6.45) is 3.79. The van der Waals surface area contributed by atoms with Crippen LogP contribution in [0.2, 0.25) is 0 Å². The molecule has 19 heavy (non-hydrogen) atoms. The molecule has 1 amide bonds. The number of rotatable bonds is 4. The molecule has 1 fully saturated rings. The molecule has 2 unspecified atom stereocenters. The van der Waals surface area contributed by atoms with Crippen molar-refractivity contribution < 1.29 is 9.90 Å². The Labute approximate surface area is 119 Å². The van der Waals surface area contributed by atoms with Crippen molar-refractivity contribution >= 4 is 17.5 Å². The lowest BCUT2D eigenvalue weighted by Crippen LogP contribution is -2.36. The number of hydrogen-bond acceptors (Lipinski definition) is 2. The molecule has 2 rings (SSSR count). The summed E-state index contributed by atoms with van der Waals surface area (Å²) in [6.45, 7) is 0.547. The van der Waals surface area contributed by atoms with Crippen LogP contribution in [0.5, 0.6) is 0 Å². The van der Waals surface area contributed by atoms with Gasteiger partial charge in [-0.1, -0.05) is 25.0 Å². The van der Waals surface area contributed by atoms with Crippen molar-refractivity contribution in [2.75, 3.05) is 6.54 Å². The highest BCUT2D eigenvalue weighted by Crippen LogP contribution is 2.23. The zero-order valence-electron chi connectivity index (χ0n) is 10.9. The first-order chi connectivity index (χ1) is 9.20. The Balaban J connectivity index is 1.89. The Morgan fingerprint density at radius 1 is 1.37 bits per heavy atom. The van der Waals surface area contributed by atoms with Gasteiger partial charge in [0.2, 0.25) is 0 Å². The topological polar surface area (TPSA) is 49.3 Å². The van der Waals surface area contributed by atoms with Crippen LogP contribution in [0.15, 0.2) is 24.3 Å². The number of hydrogen-bond donors (Lipinski definition) is 2. The zero-order valence-corrected chi connectivity index (χ0v) is 11.7. The SMILES string of the molecule is O=C(NCC1CCCCC1O)c1cccc(CCl)c1. The maximum absolute atomic E-state index is 12.0. The summed E-state index contributed by atoms with van der Waals surface area (Å²) in [7, 11) is 0. The highest BCUT2D eigenvalue weighted by molar-refractivity contribution is 6.17. The van der Waals surface area contributed by atoms with Gasteiger partial charge in [0.1, 0.15) is 0 Å². The molecule has 1 aromatic carbocycles. The summed E-state index contributed by atoms with van der Waals surface area (Å²) in [6, 6.07) is 7.32. The minimum Gasteiger partial charge on any atom is -0.393 e. The van der Waals surface area contributed by atoms with Crippen molar-refractivity contribution in [2.45, 2.75) is 37.7 Å². The molecule has 1 aliphatic rings. The van der Waals surface area contributed by atoms with Crippen LogP contribution in [0.1, 0.15) is 41.6 Å². The lowest BCUT2D eigenvalue weighted by atomic mass is 9.86. The number of nitrogens with one attached hydrogen (secondary N) is 1. The van der Waals surface area contributed by atoms with Crippen LogP contribution in [-0.4, -0.2) is 23.7 Å². The van der Waals surface area contributed by atoms with Crippen molar-refractivity contribution in [3.8, 4) is 0 Å². The maximum Gasteiger partial charge on any atom is 0.251 e. The largest absolute Gasteiger partial charge is 0.393 e. The molecule has 0 heterocycles. The lowest BCUT2D eigenvalue weighted by molar-refractivity contribution is 0.0663. The van der Waals surface area contributed by atoms with E-state index in [1.165, 1.54) is 0 Å². The number of amides is 1. The lowest BCUT2D eigenvalue weighted by Gasteiger charge is -2.27. The first-order valence-electron chi connectivity index (χ1n) is 6.82. The summed E-state index contributed by atoms with van der Waals surface area (Å²) in [5.41, 5.74) is 1.57. The fourth-order valence-corrected chi connectivity index (χ4v) is 2.71. The molecule has 0 saturated heterocycles.